The van der Waals surface area contributed by atoms with Gasteiger partial charge < -0.3 is 20.3 Å². The maximum absolute atomic E-state index is 9.28. The van der Waals surface area contributed by atoms with Gasteiger partial charge in [-0.05, 0) is 0 Å². The maximum atomic E-state index is 9.28. The molecule has 0 aliphatic heterocycles. The summed E-state index contributed by atoms with van der Waals surface area (Å²) in [5.74, 6) is -1.60. The van der Waals surface area contributed by atoms with E-state index in [9.17, 15) is 9.59 Å². The van der Waals surface area contributed by atoms with Crippen LogP contribution in [0, 0.1) is 0 Å². The third kappa shape index (κ3) is 44.7. The second-order valence-corrected chi connectivity index (χ2v) is 1.15. The monoisotopic (exact) mass is 196 g/mol. The Bertz CT molecular complexity index is 102. The van der Waals surface area contributed by atoms with Crippen LogP contribution in [0.5, 0.6) is 0 Å². The minimum absolute atomic E-state index is 0. The van der Waals surface area contributed by atoms with E-state index in [1.165, 1.54) is 0 Å². The Morgan fingerprint density at radius 1 is 0.917 bits per heavy atom. The fourth-order valence-corrected chi connectivity index (χ4v) is 0. The van der Waals surface area contributed by atoms with Gasteiger partial charge in [0.05, 0.1) is 0 Å². The molecule has 0 rings (SSSR count). The first-order chi connectivity index (χ1) is 4.54. The van der Waals surface area contributed by atoms with Crippen molar-refractivity contribution in [2.75, 3.05) is 0 Å². The molecular weight excluding hydrogens is 190 g/mol. The van der Waals surface area contributed by atoms with Crippen molar-refractivity contribution in [1.82, 2.24) is 0 Å². The number of hydrogen-bond donors (Lipinski definition) is 0. The molecule has 0 fully saturated rings. The van der Waals surface area contributed by atoms with Crippen LogP contribution in [0.1, 0.15) is 13.8 Å². The number of carbonyl (C=O) groups excluding carboxylic acids is 2. The topological polar surface area (TPSA) is 98.7 Å². The molecule has 0 bridgehead atoms. The summed E-state index contributed by atoms with van der Waals surface area (Å²) in [6, 6.07) is 0. The zero-order chi connectivity index (χ0) is 8.57. The molecule has 0 aliphatic rings. The Morgan fingerprint density at radius 3 is 1.00 bits per heavy atom. The molecule has 0 amide bonds. The molecule has 0 atom stereocenters. The van der Waals surface area contributed by atoms with E-state index < -0.39 is 11.9 Å². The van der Waals surface area contributed by atoms with E-state index in [0.29, 0.717) is 0 Å². The Morgan fingerprint density at radius 2 is 1.00 bits per heavy atom. The molecule has 0 unspecified atom stereocenters. The molecule has 0 spiro atoms. The van der Waals surface area contributed by atoms with Gasteiger partial charge in [-0.2, -0.15) is 0 Å². The van der Waals surface area contributed by atoms with E-state index in [4.69, 9.17) is 10.5 Å². The summed E-state index contributed by atoms with van der Waals surface area (Å²) in [7, 11) is 0. The van der Waals surface area contributed by atoms with Crippen LogP contribution in [0.3, 0.4) is 0 Å². The van der Waals surface area contributed by atoms with E-state index >= 15 is 0 Å². The fraction of sp³-hybridized carbons (Fsp3) is 0.500. The average molecular weight is 196 g/mol. The average Bonchev–Trinajstić information content (AvgIpc) is 1.89. The second-order valence-electron chi connectivity index (χ2n) is 1.15. The van der Waals surface area contributed by atoms with Gasteiger partial charge in [0.2, 0.25) is 0 Å². The Balaban J connectivity index is -0.0000000457. The summed E-state index contributed by atoms with van der Waals surface area (Å²) in [5.41, 5.74) is 0. The van der Waals surface area contributed by atoms with Crippen LogP contribution >= 0.6 is 0 Å². The zero-order valence-electron chi connectivity index (χ0n) is 7.45. The Kier molecular flexibility index (Phi) is 34.2. The first-order valence-corrected chi connectivity index (χ1v) is 2.15. The predicted octanol–water partition coefficient (Wildman–Crippen LogP) is -8.34. The van der Waals surface area contributed by atoms with Crippen LogP contribution in [-0.2, 0) is 19.4 Å². The van der Waals surface area contributed by atoms with Gasteiger partial charge >= 0.3 is 59.1 Å². The third-order valence-corrected chi connectivity index (χ3v) is 0.235. The van der Waals surface area contributed by atoms with Gasteiger partial charge in [0.15, 0.2) is 0 Å². The minimum atomic E-state index is -0.801. The first kappa shape index (κ1) is 23.0. The van der Waals surface area contributed by atoms with Crippen molar-refractivity contribution in [1.29, 1.82) is 0 Å². The summed E-state index contributed by atoms with van der Waals surface area (Å²) in [5, 5.41) is 17.6. The molecule has 0 radical (unpaired) electrons. The molecule has 8 heteroatoms. The normalized spacial score (nSPS) is 5.67. The van der Waals surface area contributed by atoms with Crippen molar-refractivity contribution < 1.29 is 89.0 Å². The van der Waals surface area contributed by atoms with E-state index in [-0.39, 0.29) is 59.1 Å². The number of rotatable bonds is 0. The molecule has 0 saturated heterocycles. The van der Waals surface area contributed by atoms with Crippen molar-refractivity contribution >= 4 is 11.9 Å². The van der Waals surface area contributed by atoms with Crippen LogP contribution in [0.2, 0.25) is 0 Å². The fourth-order valence-electron chi connectivity index (χ4n) is 0. The quantitative estimate of drug-likeness (QED) is 0.217. The molecule has 0 N–H and O–H groups in total. The van der Waals surface area contributed by atoms with E-state index in [0.717, 1.165) is 13.8 Å². The van der Waals surface area contributed by atoms with Gasteiger partial charge in [0, 0.05) is 13.8 Å². The zero-order valence-corrected chi connectivity index (χ0v) is 11.4. The van der Waals surface area contributed by atoms with Gasteiger partial charge in [0.25, 0.3) is 11.9 Å². The van der Waals surface area contributed by atoms with Crippen molar-refractivity contribution in [3.63, 3.8) is 0 Å². The van der Waals surface area contributed by atoms with Crippen LogP contribution in [-0.4, -0.2) is 11.9 Å². The Labute approximate surface area is 114 Å². The Hall–Kier alpha value is 0.860. The molecule has 0 aromatic rings. The van der Waals surface area contributed by atoms with Crippen LogP contribution in [0.25, 0.3) is 0 Å². The summed E-state index contributed by atoms with van der Waals surface area (Å²) >= 11 is 0. The van der Waals surface area contributed by atoms with Gasteiger partial charge in [-0.3, -0.25) is 9.59 Å². The largest absolute Gasteiger partial charge is 1.00 e. The van der Waals surface area contributed by atoms with E-state index in [1.54, 1.807) is 0 Å². The van der Waals surface area contributed by atoms with Gasteiger partial charge in [-0.25, -0.2) is 0 Å². The van der Waals surface area contributed by atoms with E-state index in [1.807, 2.05) is 0 Å². The molecular formula is C4H6Na2O6. The maximum Gasteiger partial charge on any atom is 1.00 e. The van der Waals surface area contributed by atoms with Crippen molar-refractivity contribution in [2.24, 2.45) is 0 Å². The summed E-state index contributed by atoms with van der Waals surface area (Å²) in [6.45, 7) is 2.10. The van der Waals surface area contributed by atoms with Gasteiger partial charge in [-0.15, -0.1) is 0 Å². The molecule has 6 nitrogen and oxygen atoms in total. The molecule has 0 aromatic carbocycles. The molecule has 12 heavy (non-hydrogen) atoms. The second kappa shape index (κ2) is 17.8. The smallest absolute Gasteiger partial charge is 0.662 e. The summed E-state index contributed by atoms with van der Waals surface area (Å²) < 4.78 is 0. The molecule has 0 heterocycles. The molecule has 60 valence electrons. The van der Waals surface area contributed by atoms with Crippen molar-refractivity contribution in [3.8, 4) is 0 Å². The third-order valence-electron chi connectivity index (χ3n) is 0.235. The summed E-state index contributed by atoms with van der Waals surface area (Å²) in [4.78, 5) is 24.3. The van der Waals surface area contributed by atoms with Crippen molar-refractivity contribution in [2.45, 2.75) is 13.8 Å². The van der Waals surface area contributed by atoms with Crippen LogP contribution < -0.4 is 69.6 Å². The molecule has 0 aromatic heterocycles. The minimum Gasteiger partial charge on any atom is -0.662 e. The SMILES string of the molecule is CC(=O)O[O-].CC(=O)O[O-].[Na+].[Na+]. The van der Waals surface area contributed by atoms with Crippen molar-refractivity contribution in [3.05, 3.63) is 0 Å². The number of hydrogen-bond acceptors (Lipinski definition) is 6. The number of carbonyl (C=O) groups is 2. The predicted molar refractivity (Wildman–Crippen MR) is 23.5 cm³/mol. The summed E-state index contributed by atoms with van der Waals surface area (Å²) in [6.07, 6.45) is 0. The molecule has 0 saturated carbocycles. The van der Waals surface area contributed by atoms with Crippen LogP contribution in [0.4, 0.5) is 0 Å². The first-order valence-electron chi connectivity index (χ1n) is 2.15. The molecule has 0 aliphatic carbocycles. The standard InChI is InChI=1S/2C2H4O3.2Na/c2*1-2(3)5-4;;/h2*4H,1H3;;/q;;2*+1/p-2. The van der Waals surface area contributed by atoms with Gasteiger partial charge in [-0.1, -0.05) is 0 Å². The van der Waals surface area contributed by atoms with E-state index in [2.05, 4.69) is 9.78 Å². The van der Waals surface area contributed by atoms with Gasteiger partial charge in [0.1, 0.15) is 0 Å². The van der Waals surface area contributed by atoms with Crippen LogP contribution in [0.15, 0.2) is 0 Å².